The molecule has 4 aromatic rings. The number of ether oxygens (including phenoxy) is 1. The lowest BCUT2D eigenvalue weighted by Crippen LogP contribution is -2.50. The van der Waals surface area contributed by atoms with E-state index >= 15 is 8.78 Å². The largest absolute Gasteiger partial charge is 0.445 e. The lowest BCUT2D eigenvalue weighted by Gasteiger charge is -2.34. The van der Waals surface area contributed by atoms with Crippen LogP contribution in [0.3, 0.4) is 0 Å². The molecule has 3 atom stereocenters. The van der Waals surface area contributed by atoms with Crippen molar-refractivity contribution in [2.24, 2.45) is 0 Å². The first kappa shape index (κ1) is 36.5. The summed E-state index contributed by atoms with van der Waals surface area (Å²) in [4.78, 5) is 40.4. The van der Waals surface area contributed by atoms with Crippen molar-refractivity contribution in [1.29, 1.82) is 0 Å². The first-order chi connectivity index (χ1) is 23.6. The molecule has 1 fully saturated rings. The van der Waals surface area contributed by atoms with Crippen molar-refractivity contribution in [1.82, 2.24) is 24.4 Å². The smallest absolute Gasteiger partial charge is 0.410 e. The lowest BCUT2D eigenvalue weighted by atomic mass is 10.0. The van der Waals surface area contributed by atoms with Crippen molar-refractivity contribution in [3.8, 4) is 11.3 Å². The molecule has 3 heterocycles. The molecule has 0 bridgehead atoms. The van der Waals surface area contributed by atoms with Crippen LogP contribution in [0.5, 0.6) is 0 Å². The van der Waals surface area contributed by atoms with Gasteiger partial charge in [0.15, 0.2) is 17.3 Å². The maximum absolute atomic E-state index is 15.2. The van der Waals surface area contributed by atoms with E-state index in [0.29, 0.717) is 12.1 Å². The number of aromatic nitrogens is 4. The minimum absolute atomic E-state index is 0.00807. The summed E-state index contributed by atoms with van der Waals surface area (Å²) in [5.74, 6) is -3.03. The molecule has 0 aliphatic carbocycles. The highest BCUT2D eigenvalue weighted by molar-refractivity contribution is 7.80. The Labute approximate surface area is 283 Å². The molecule has 1 unspecified atom stereocenters. The predicted octanol–water partition coefficient (Wildman–Crippen LogP) is 5.77. The minimum Gasteiger partial charge on any atom is -0.445 e. The summed E-state index contributed by atoms with van der Waals surface area (Å²) >= 11 is -3.21. The number of alkyl halides is 4. The summed E-state index contributed by atoms with van der Waals surface area (Å²) in [5.41, 5.74) is -2.08. The molecule has 0 radical (unpaired) electrons. The van der Waals surface area contributed by atoms with Crippen molar-refractivity contribution in [3.63, 3.8) is 0 Å². The molecule has 0 saturated carbocycles. The molecule has 0 spiro atoms. The monoisotopic (exact) mass is 727 g/mol. The first-order valence-corrected chi connectivity index (χ1v) is 16.3. The lowest BCUT2D eigenvalue weighted by molar-refractivity contribution is -0.132. The van der Waals surface area contributed by atoms with Crippen LogP contribution < -0.4 is 15.2 Å². The fourth-order valence-corrected chi connectivity index (χ4v) is 6.04. The molecular formula is C31H31F6N7O5S. The first-order valence-electron chi connectivity index (χ1n) is 15.2. The van der Waals surface area contributed by atoms with Gasteiger partial charge in [-0.15, -0.1) is 0 Å². The Kier molecular flexibility index (Phi) is 10.9. The molecular weight excluding hydrogens is 696 g/mol. The second kappa shape index (κ2) is 15.0. The molecule has 19 heteroatoms. The molecule has 12 nitrogen and oxygen atoms in total. The molecule has 2 aromatic carbocycles. The van der Waals surface area contributed by atoms with Gasteiger partial charge in [0.2, 0.25) is 5.95 Å². The van der Waals surface area contributed by atoms with Gasteiger partial charge in [-0.2, -0.15) is 18.2 Å². The minimum atomic E-state index is -4.78. The van der Waals surface area contributed by atoms with Gasteiger partial charge in [0.1, 0.15) is 29.7 Å². The Morgan fingerprint density at radius 1 is 1.14 bits per heavy atom. The van der Waals surface area contributed by atoms with E-state index in [1.807, 2.05) is 6.07 Å². The number of nitrogens with zero attached hydrogens (tertiary/aromatic N) is 6. The zero-order valence-electron chi connectivity index (χ0n) is 26.5. The Hall–Kier alpha value is -4.78. The van der Waals surface area contributed by atoms with Crippen LogP contribution in [0, 0.1) is 11.6 Å². The highest BCUT2D eigenvalue weighted by Gasteiger charge is 2.33. The molecule has 2 N–H and O–H groups in total. The van der Waals surface area contributed by atoms with Gasteiger partial charge < -0.3 is 15.0 Å². The van der Waals surface area contributed by atoms with Crippen LogP contribution >= 0.6 is 0 Å². The molecule has 1 amide bonds. The fraction of sp³-hybridized carbons (Fsp3) is 0.387. The standard InChI is InChI=1S/C31H31F6N7O5S/c1-17(2)44-27-24(40-25(28(44)45)19-10-22(33)26(23(34)11-19)43(50(47)48)9-8-31(35,36)37)13-38-29(41-27)39-21-12-20(32)14-42(15-21)30(46)49-16-18-6-4-3-5-7-18/h3-7,10-11,13,17,20-21H,8-9,12,14-16H2,1-2H3,(H,47,48)(H,38,39,41)/t20-,21-/m0/s1. The van der Waals surface area contributed by atoms with Gasteiger partial charge in [0.25, 0.3) is 16.8 Å². The van der Waals surface area contributed by atoms with Crippen molar-refractivity contribution in [2.75, 3.05) is 29.3 Å². The number of carbonyl (C=O) groups is 1. The van der Waals surface area contributed by atoms with Gasteiger partial charge in [0, 0.05) is 37.2 Å². The van der Waals surface area contributed by atoms with Gasteiger partial charge >= 0.3 is 12.3 Å². The zero-order chi connectivity index (χ0) is 36.3. The quantitative estimate of drug-likeness (QED) is 0.154. The molecule has 1 aliphatic heterocycles. The van der Waals surface area contributed by atoms with Crippen molar-refractivity contribution in [3.05, 3.63) is 76.2 Å². The zero-order valence-corrected chi connectivity index (χ0v) is 27.3. The average Bonchev–Trinajstić information content (AvgIpc) is 3.03. The van der Waals surface area contributed by atoms with E-state index in [4.69, 9.17) is 4.74 Å². The van der Waals surface area contributed by atoms with Crippen LogP contribution in [0.4, 0.5) is 42.8 Å². The van der Waals surface area contributed by atoms with E-state index in [1.165, 1.54) is 15.7 Å². The van der Waals surface area contributed by atoms with E-state index in [-0.39, 0.29) is 47.5 Å². The molecule has 268 valence electrons. The number of benzene rings is 2. The summed E-state index contributed by atoms with van der Waals surface area (Å²) in [5, 5.41) is 2.98. The number of carbonyl (C=O) groups excluding carboxylic acids is 1. The van der Waals surface area contributed by atoms with E-state index in [2.05, 4.69) is 20.3 Å². The Morgan fingerprint density at radius 2 is 1.82 bits per heavy atom. The Morgan fingerprint density at radius 3 is 2.44 bits per heavy atom. The van der Waals surface area contributed by atoms with Crippen LogP contribution in [-0.4, -0.2) is 77.3 Å². The van der Waals surface area contributed by atoms with Crippen molar-refractivity contribution < 1.29 is 44.6 Å². The number of hydrogen-bond donors (Lipinski definition) is 2. The van der Waals surface area contributed by atoms with E-state index < -0.39 is 88.9 Å². The van der Waals surface area contributed by atoms with Crippen LogP contribution in [0.2, 0.25) is 0 Å². The van der Waals surface area contributed by atoms with Gasteiger partial charge in [-0.3, -0.25) is 18.2 Å². The summed E-state index contributed by atoms with van der Waals surface area (Å²) in [6.07, 6.45) is -7.25. The van der Waals surface area contributed by atoms with Crippen molar-refractivity contribution >= 4 is 40.2 Å². The van der Waals surface area contributed by atoms with Crippen LogP contribution in [0.15, 0.2) is 53.5 Å². The summed E-state index contributed by atoms with van der Waals surface area (Å²) in [6.45, 7) is 1.95. The summed E-state index contributed by atoms with van der Waals surface area (Å²) in [6, 6.07) is 8.99. The second-order valence-electron chi connectivity index (χ2n) is 11.7. The maximum Gasteiger partial charge on any atom is 0.410 e. The predicted molar refractivity (Wildman–Crippen MR) is 171 cm³/mol. The van der Waals surface area contributed by atoms with Crippen molar-refractivity contribution in [2.45, 2.75) is 57.7 Å². The van der Waals surface area contributed by atoms with Crippen LogP contribution in [-0.2, 0) is 22.6 Å². The molecule has 2 aromatic heterocycles. The van der Waals surface area contributed by atoms with Crippen LogP contribution in [0.1, 0.15) is 38.3 Å². The van der Waals surface area contributed by atoms with Gasteiger partial charge in [-0.05, 0) is 31.5 Å². The number of fused-ring (bicyclic) bond motifs is 1. The number of piperidine rings is 1. The average molecular weight is 728 g/mol. The number of amides is 1. The number of likely N-dealkylation sites (tertiary alicyclic amines) is 1. The van der Waals surface area contributed by atoms with E-state index in [1.54, 1.807) is 38.1 Å². The number of rotatable bonds is 10. The second-order valence-corrected chi connectivity index (χ2v) is 12.6. The highest BCUT2D eigenvalue weighted by atomic mass is 32.2. The van der Waals surface area contributed by atoms with Crippen LogP contribution in [0.25, 0.3) is 22.4 Å². The van der Waals surface area contributed by atoms with Gasteiger partial charge in [-0.25, -0.2) is 32.1 Å². The third kappa shape index (κ3) is 8.50. The normalized spacial score (nSPS) is 17.2. The summed E-state index contributed by atoms with van der Waals surface area (Å²) < 4.78 is 111. The fourth-order valence-electron chi connectivity index (χ4n) is 5.46. The number of nitrogens with one attached hydrogen (secondary N) is 1. The number of hydrogen-bond acceptors (Lipinski definition) is 8. The molecule has 5 rings (SSSR count). The third-order valence-electron chi connectivity index (χ3n) is 7.67. The van der Waals surface area contributed by atoms with E-state index in [9.17, 15) is 35.9 Å². The van der Waals surface area contributed by atoms with Gasteiger partial charge in [-0.1, -0.05) is 30.3 Å². The Bertz CT molecular complexity index is 1930. The van der Waals surface area contributed by atoms with Gasteiger partial charge in [0.05, 0.1) is 19.2 Å². The maximum atomic E-state index is 15.2. The topological polar surface area (TPSA) is 143 Å². The SMILES string of the molecule is CC(C)n1c(=O)c(-c2cc(F)c(N(CCC(F)(F)F)S(=O)O)c(F)c2)nc2cnc(N[C@H]3C[C@H](F)CN(C(=O)OCc4ccccc4)C3)nc21. The molecule has 1 aliphatic rings. The van der Waals surface area contributed by atoms with E-state index in [0.717, 1.165) is 5.56 Å². The Balaban J connectivity index is 1.41. The molecule has 50 heavy (non-hydrogen) atoms. The summed E-state index contributed by atoms with van der Waals surface area (Å²) in [7, 11) is 0. The third-order valence-corrected chi connectivity index (χ3v) is 8.41. The number of halogens is 6. The highest BCUT2D eigenvalue weighted by Crippen LogP contribution is 2.31. The number of anilines is 2. The molecule has 1 saturated heterocycles.